The number of pyridine rings is 1. The molecule has 0 unspecified atom stereocenters. The molecular weight excluding hydrogens is 388 g/mol. The van der Waals surface area contributed by atoms with E-state index in [1.807, 2.05) is 37.3 Å². The lowest BCUT2D eigenvalue weighted by Gasteiger charge is -2.15. The predicted molar refractivity (Wildman–Crippen MR) is 117 cm³/mol. The Morgan fingerprint density at radius 1 is 0.966 bits per heavy atom. The van der Waals surface area contributed by atoms with E-state index < -0.39 is 0 Å². The second-order valence-corrected chi connectivity index (χ2v) is 6.84. The predicted octanol–water partition coefficient (Wildman–Crippen LogP) is 5.06. The molecule has 2 aromatic heterocycles. The fourth-order valence-corrected chi connectivity index (χ4v) is 3.17. The van der Waals surface area contributed by atoms with Crippen molar-refractivity contribution in [3.63, 3.8) is 0 Å². The van der Waals surface area contributed by atoms with Crippen LogP contribution in [0.1, 0.15) is 5.69 Å². The molecule has 0 amide bonds. The fraction of sp³-hybridized carbons (Fsp3) is 0.0952. The summed E-state index contributed by atoms with van der Waals surface area (Å²) in [7, 11) is 1.58. The smallest absolute Gasteiger partial charge is 0.159 e. The van der Waals surface area contributed by atoms with E-state index >= 15 is 0 Å². The number of rotatable bonds is 5. The van der Waals surface area contributed by atoms with Gasteiger partial charge in [0.25, 0.3) is 0 Å². The molecule has 0 fully saturated rings. The second-order valence-electron chi connectivity index (χ2n) is 6.40. The number of nitrogens with two attached hydrogens (primary N) is 1. The zero-order chi connectivity index (χ0) is 20.4. The molecule has 29 heavy (non-hydrogen) atoms. The summed E-state index contributed by atoms with van der Waals surface area (Å²) in [6.07, 6.45) is 1.44. The molecule has 0 aliphatic heterocycles. The highest BCUT2D eigenvalue weighted by atomic mass is 35.5. The van der Waals surface area contributed by atoms with Crippen LogP contribution in [0.3, 0.4) is 0 Å². The molecule has 0 aliphatic carbocycles. The van der Waals surface area contributed by atoms with E-state index in [2.05, 4.69) is 25.6 Å². The van der Waals surface area contributed by atoms with Crippen molar-refractivity contribution < 1.29 is 4.74 Å². The van der Waals surface area contributed by atoms with Gasteiger partial charge in [-0.2, -0.15) is 0 Å². The van der Waals surface area contributed by atoms with Gasteiger partial charge in [0.15, 0.2) is 11.6 Å². The number of hydrogen-bond donors (Lipinski definition) is 3. The number of anilines is 5. The first-order valence-corrected chi connectivity index (χ1v) is 9.27. The second kappa shape index (κ2) is 7.81. The maximum atomic E-state index is 6.34. The molecule has 2 aromatic carbocycles. The van der Waals surface area contributed by atoms with Crippen molar-refractivity contribution in [3.8, 4) is 5.75 Å². The van der Waals surface area contributed by atoms with Gasteiger partial charge in [0.05, 0.1) is 18.3 Å². The highest BCUT2D eigenvalue weighted by Crippen LogP contribution is 2.34. The van der Waals surface area contributed by atoms with Gasteiger partial charge in [-0.05, 0) is 49.4 Å². The summed E-state index contributed by atoms with van der Waals surface area (Å²) < 4.78 is 5.37. The normalized spacial score (nSPS) is 10.7. The number of nitrogen functional groups attached to an aromatic ring is 1. The minimum atomic E-state index is 0.367. The number of aryl methyl sites for hydroxylation is 1. The summed E-state index contributed by atoms with van der Waals surface area (Å²) in [5, 5.41) is 7.99. The first kappa shape index (κ1) is 18.8. The van der Waals surface area contributed by atoms with Crippen LogP contribution in [0.25, 0.3) is 10.9 Å². The van der Waals surface area contributed by atoms with E-state index in [1.54, 1.807) is 25.3 Å². The standard InChI is InChI=1S/C21H19ClN6O/c1-12-6-8-14-15(26-12)4-3-5-16(14)27-20-19(23)21(25-11-24-20)28-17-10-13(22)7-9-18(17)29-2/h3-11H,23H2,1-2H3,(H2,24,25,27,28). The first-order valence-electron chi connectivity index (χ1n) is 8.89. The Morgan fingerprint density at radius 3 is 2.48 bits per heavy atom. The topological polar surface area (TPSA) is 98.0 Å². The molecule has 0 saturated heterocycles. The van der Waals surface area contributed by atoms with Gasteiger partial charge in [-0.15, -0.1) is 0 Å². The monoisotopic (exact) mass is 406 g/mol. The third kappa shape index (κ3) is 3.86. The van der Waals surface area contributed by atoms with Crippen molar-refractivity contribution in [2.45, 2.75) is 6.92 Å². The van der Waals surface area contributed by atoms with Crippen LogP contribution in [0.4, 0.5) is 28.7 Å². The van der Waals surface area contributed by atoms with E-state index in [1.165, 1.54) is 6.33 Å². The summed E-state index contributed by atoms with van der Waals surface area (Å²) in [6.45, 7) is 1.96. The maximum absolute atomic E-state index is 6.34. The molecule has 4 N–H and O–H groups in total. The molecule has 0 aliphatic rings. The third-order valence-electron chi connectivity index (χ3n) is 4.42. The van der Waals surface area contributed by atoms with Gasteiger partial charge in [-0.3, -0.25) is 4.98 Å². The molecule has 0 bridgehead atoms. The molecule has 0 saturated carbocycles. The summed E-state index contributed by atoms with van der Waals surface area (Å²) in [4.78, 5) is 13.1. The van der Waals surface area contributed by atoms with Gasteiger partial charge in [-0.25, -0.2) is 9.97 Å². The first-order chi connectivity index (χ1) is 14.0. The molecule has 0 atom stereocenters. The number of nitrogens with one attached hydrogen (secondary N) is 2. The summed E-state index contributed by atoms with van der Waals surface area (Å²) in [5.74, 6) is 1.55. The van der Waals surface area contributed by atoms with Crippen molar-refractivity contribution in [1.82, 2.24) is 15.0 Å². The van der Waals surface area contributed by atoms with Crippen LogP contribution in [0.15, 0.2) is 54.9 Å². The van der Waals surface area contributed by atoms with E-state index in [9.17, 15) is 0 Å². The van der Waals surface area contributed by atoms with E-state index in [0.717, 1.165) is 22.3 Å². The summed E-state index contributed by atoms with van der Waals surface area (Å²) in [5.41, 5.74) is 10.1. The Bertz CT molecular complexity index is 1200. The van der Waals surface area contributed by atoms with Crippen LogP contribution in [-0.4, -0.2) is 22.1 Å². The van der Waals surface area contributed by atoms with Crippen molar-refractivity contribution in [2.75, 3.05) is 23.5 Å². The fourth-order valence-electron chi connectivity index (χ4n) is 2.99. The largest absolute Gasteiger partial charge is 0.495 e. The van der Waals surface area contributed by atoms with Crippen LogP contribution in [0.5, 0.6) is 5.75 Å². The number of fused-ring (bicyclic) bond motifs is 1. The number of benzene rings is 2. The number of nitrogens with zero attached hydrogens (tertiary/aromatic N) is 3. The molecule has 2 heterocycles. The van der Waals surface area contributed by atoms with Gasteiger partial charge in [0.1, 0.15) is 17.8 Å². The number of aromatic nitrogens is 3. The Kier molecular flexibility index (Phi) is 5.05. The van der Waals surface area contributed by atoms with Crippen molar-refractivity contribution in [3.05, 3.63) is 65.6 Å². The molecule has 8 heteroatoms. The van der Waals surface area contributed by atoms with Gasteiger partial charge >= 0.3 is 0 Å². The summed E-state index contributed by atoms with van der Waals surface area (Å²) >= 11 is 6.11. The van der Waals surface area contributed by atoms with E-state index in [0.29, 0.717) is 33.8 Å². The Labute approximate surface area is 172 Å². The minimum Gasteiger partial charge on any atom is -0.495 e. The van der Waals surface area contributed by atoms with Crippen LogP contribution in [0, 0.1) is 6.92 Å². The molecule has 7 nitrogen and oxygen atoms in total. The third-order valence-corrected chi connectivity index (χ3v) is 4.66. The minimum absolute atomic E-state index is 0.367. The molecular formula is C21H19ClN6O. The van der Waals surface area contributed by atoms with Gasteiger partial charge in [-0.1, -0.05) is 17.7 Å². The zero-order valence-electron chi connectivity index (χ0n) is 15.9. The Balaban J connectivity index is 1.69. The zero-order valence-corrected chi connectivity index (χ0v) is 16.7. The number of halogens is 1. The molecule has 0 spiro atoms. The summed E-state index contributed by atoms with van der Waals surface area (Å²) in [6, 6.07) is 15.1. The maximum Gasteiger partial charge on any atom is 0.159 e. The number of methoxy groups -OCH3 is 1. The van der Waals surface area contributed by atoms with Gasteiger partial charge in [0.2, 0.25) is 0 Å². The SMILES string of the molecule is COc1ccc(Cl)cc1Nc1ncnc(Nc2cccc3nc(C)ccc23)c1N. The average Bonchev–Trinajstić information content (AvgIpc) is 2.71. The molecule has 0 radical (unpaired) electrons. The van der Waals surface area contributed by atoms with E-state index in [4.69, 9.17) is 22.1 Å². The average molecular weight is 407 g/mol. The molecule has 4 aromatic rings. The lowest BCUT2D eigenvalue weighted by atomic mass is 10.1. The van der Waals surface area contributed by atoms with Crippen molar-refractivity contribution >= 4 is 51.2 Å². The lowest BCUT2D eigenvalue weighted by Crippen LogP contribution is -2.06. The Morgan fingerprint density at radius 2 is 1.72 bits per heavy atom. The molecule has 4 rings (SSSR count). The number of hydrogen-bond acceptors (Lipinski definition) is 7. The van der Waals surface area contributed by atoms with Crippen LogP contribution < -0.4 is 21.1 Å². The highest BCUT2D eigenvalue weighted by Gasteiger charge is 2.13. The Hall–Kier alpha value is -3.58. The van der Waals surface area contributed by atoms with Crippen LogP contribution >= 0.6 is 11.6 Å². The molecule has 146 valence electrons. The van der Waals surface area contributed by atoms with E-state index in [-0.39, 0.29) is 0 Å². The number of ether oxygens (including phenoxy) is 1. The van der Waals surface area contributed by atoms with Crippen LogP contribution in [-0.2, 0) is 0 Å². The van der Waals surface area contributed by atoms with Crippen LogP contribution in [0.2, 0.25) is 5.02 Å². The van der Waals surface area contributed by atoms with Crippen molar-refractivity contribution in [2.24, 2.45) is 0 Å². The highest BCUT2D eigenvalue weighted by molar-refractivity contribution is 6.31. The van der Waals surface area contributed by atoms with Gasteiger partial charge in [0, 0.05) is 21.8 Å². The quantitative estimate of drug-likeness (QED) is 0.425. The van der Waals surface area contributed by atoms with Gasteiger partial charge < -0.3 is 21.1 Å². The lowest BCUT2D eigenvalue weighted by molar-refractivity contribution is 0.417. The van der Waals surface area contributed by atoms with Crippen molar-refractivity contribution in [1.29, 1.82) is 0 Å².